The molecular formula is C13H20N2O4S. The van der Waals surface area contributed by atoms with E-state index in [4.69, 9.17) is 9.47 Å². The van der Waals surface area contributed by atoms with Crippen LogP contribution in [0.5, 0.6) is 5.75 Å². The highest BCUT2D eigenvalue weighted by Crippen LogP contribution is 2.31. The van der Waals surface area contributed by atoms with Crippen molar-refractivity contribution in [1.29, 1.82) is 0 Å². The Balaban J connectivity index is 2.15. The Hall–Kier alpha value is -1.31. The SMILES string of the molecule is CCC1CNc2cc(S(=O)(=O)NCCOC)ccc2O1. The summed E-state index contributed by atoms with van der Waals surface area (Å²) in [6.07, 6.45) is 1.04. The fourth-order valence-electron chi connectivity index (χ4n) is 1.95. The Bertz CT molecular complexity index is 559. The van der Waals surface area contributed by atoms with E-state index in [1.165, 1.54) is 7.11 Å². The molecule has 0 saturated heterocycles. The van der Waals surface area contributed by atoms with Crippen LogP contribution in [0.25, 0.3) is 0 Å². The molecule has 112 valence electrons. The van der Waals surface area contributed by atoms with E-state index in [9.17, 15) is 8.42 Å². The molecule has 1 aromatic rings. The first-order chi connectivity index (χ1) is 9.56. The summed E-state index contributed by atoms with van der Waals surface area (Å²) >= 11 is 0. The summed E-state index contributed by atoms with van der Waals surface area (Å²) in [6, 6.07) is 4.83. The molecule has 0 aromatic heterocycles. The van der Waals surface area contributed by atoms with Crippen LogP contribution in [-0.2, 0) is 14.8 Å². The second-order valence-electron chi connectivity index (χ2n) is 4.58. The van der Waals surface area contributed by atoms with E-state index < -0.39 is 10.0 Å². The largest absolute Gasteiger partial charge is 0.486 e. The van der Waals surface area contributed by atoms with E-state index in [2.05, 4.69) is 17.0 Å². The Kier molecular flexibility index (Phi) is 4.85. The maximum absolute atomic E-state index is 12.1. The summed E-state index contributed by atoms with van der Waals surface area (Å²) in [5.74, 6) is 0.693. The predicted molar refractivity (Wildman–Crippen MR) is 76.7 cm³/mol. The van der Waals surface area contributed by atoms with E-state index in [0.29, 0.717) is 24.6 Å². The molecular weight excluding hydrogens is 280 g/mol. The molecule has 0 saturated carbocycles. The van der Waals surface area contributed by atoms with Crippen LogP contribution < -0.4 is 14.8 Å². The number of hydrogen-bond donors (Lipinski definition) is 2. The molecule has 1 atom stereocenters. The van der Waals surface area contributed by atoms with Gasteiger partial charge in [-0.05, 0) is 24.6 Å². The lowest BCUT2D eigenvalue weighted by molar-refractivity contribution is 0.201. The molecule has 0 bridgehead atoms. The van der Waals surface area contributed by atoms with E-state index >= 15 is 0 Å². The molecule has 6 nitrogen and oxygen atoms in total. The highest BCUT2D eigenvalue weighted by atomic mass is 32.2. The highest BCUT2D eigenvalue weighted by Gasteiger charge is 2.21. The number of sulfonamides is 1. The lowest BCUT2D eigenvalue weighted by Crippen LogP contribution is -2.31. The first-order valence-electron chi connectivity index (χ1n) is 6.60. The molecule has 1 unspecified atom stereocenters. The molecule has 2 rings (SSSR count). The van der Waals surface area contributed by atoms with Crippen LogP contribution in [0.3, 0.4) is 0 Å². The minimum Gasteiger partial charge on any atom is -0.486 e. The summed E-state index contributed by atoms with van der Waals surface area (Å²) in [6.45, 7) is 3.32. The van der Waals surface area contributed by atoms with Crippen molar-refractivity contribution in [3.8, 4) is 5.75 Å². The van der Waals surface area contributed by atoms with Gasteiger partial charge in [0.25, 0.3) is 0 Å². The fraction of sp³-hybridized carbons (Fsp3) is 0.538. The zero-order valence-electron chi connectivity index (χ0n) is 11.7. The van der Waals surface area contributed by atoms with Crippen molar-refractivity contribution < 1.29 is 17.9 Å². The average Bonchev–Trinajstić information content (AvgIpc) is 2.46. The number of nitrogens with one attached hydrogen (secondary N) is 2. The molecule has 0 aliphatic carbocycles. The molecule has 0 amide bonds. The van der Waals surface area contributed by atoms with Gasteiger partial charge in [-0.15, -0.1) is 0 Å². The maximum atomic E-state index is 12.1. The summed E-state index contributed by atoms with van der Waals surface area (Å²) in [4.78, 5) is 0.221. The standard InChI is InChI=1S/C13H20N2O4S/c1-3-10-9-14-12-8-11(4-5-13(12)19-10)20(16,17)15-6-7-18-2/h4-5,8,10,14-15H,3,6-7,9H2,1-2H3. The number of methoxy groups -OCH3 is 1. The van der Waals surface area contributed by atoms with Gasteiger partial charge in [0, 0.05) is 13.7 Å². The smallest absolute Gasteiger partial charge is 0.240 e. The van der Waals surface area contributed by atoms with Crippen molar-refractivity contribution >= 4 is 15.7 Å². The number of anilines is 1. The topological polar surface area (TPSA) is 76.7 Å². The van der Waals surface area contributed by atoms with Crippen LogP contribution in [0.2, 0.25) is 0 Å². The Labute approximate surface area is 119 Å². The van der Waals surface area contributed by atoms with Gasteiger partial charge < -0.3 is 14.8 Å². The van der Waals surface area contributed by atoms with E-state index in [1.807, 2.05) is 0 Å². The normalized spacial score (nSPS) is 18.0. The maximum Gasteiger partial charge on any atom is 0.240 e. The van der Waals surface area contributed by atoms with Crippen LogP contribution in [0.15, 0.2) is 23.1 Å². The lowest BCUT2D eigenvalue weighted by atomic mass is 10.2. The van der Waals surface area contributed by atoms with Crippen LogP contribution in [0.1, 0.15) is 13.3 Å². The van der Waals surface area contributed by atoms with Gasteiger partial charge in [-0.3, -0.25) is 0 Å². The third-order valence-corrected chi connectivity index (χ3v) is 4.59. The lowest BCUT2D eigenvalue weighted by Gasteiger charge is -2.26. The molecule has 0 radical (unpaired) electrons. The van der Waals surface area contributed by atoms with Gasteiger partial charge in [-0.1, -0.05) is 6.92 Å². The van der Waals surface area contributed by atoms with Crippen LogP contribution in [0, 0.1) is 0 Å². The van der Waals surface area contributed by atoms with Crippen molar-refractivity contribution in [2.24, 2.45) is 0 Å². The number of hydrogen-bond acceptors (Lipinski definition) is 5. The first-order valence-corrected chi connectivity index (χ1v) is 8.08. The molecule has 1 heterocycles. The van der Waals surface area contributed by atoms with Gasteiger partial charge in [-0.25, -0.2) is 13.1 Å². The third kappa shape index (κ3) is 3.41. The van der Waals surface area contributed by atoms with Crippen LogP contribution >= 0.6 is 0 Å². The quantitative estimate of drug-likeness (QED) is 0.772. The highest BCUT2D eigenvalue weighted by molar-refractivity contribution is 7.89. The van der Waals surface area contributed by atoms with Crippen LogP contribution in [-0.4, -0.2) is 41.3 Å². The molecule has 1 aromatic carbocycles. The summed E-state index contributed by atoms with van der Waals surface area (Å²) < 4.78 is 37.2. The van der Waals surface area contributed by atoms with Crippen molar-refractivity contribution in [3.63, 3.8) is 0 Å². The zero-order chi connectivity index (χ0) is 14.6. The molecule has 0 fully saturated rings. The second kappa shape index (κ2) is 6.43. The number of fused-ring (bicyclic) bond motifs is 1. The average molecular weight is 300 g/mol. The molecule has 7 heteroatoms. The van der Waals surface area contributed by atoms with Crippen LogP contribution in [0.4, 0.5) is 5.69 Å². The van der Waals surface area contributed by atoms with E-state index in [-0.39, 0.29) is 17.5 Å². The van der Waals surface area contributed by atoms with Gasteiger partial charge in [0.2, 0.25) is 10.0 Å². The van der Waals surface area contributed by atoms with Gasteiger partial charge in [0.1, 0.15) is 11.9 Å². The summed E-state index contributed by atoms with van der Waals surface area (Å²) in [7, 11) is -1.98. The monoisotopic (exact) mass is 300 g/mol. The van der Waals surface area contributed by atoms with Crippen molar-refractivity contribution in [2.75, 3.05) is 32.1 Å². The number of ether oxygens (including phenoxy) is 2. The Morgan fingerprint density at radius 3 is 3.00 bits per heavy atom. The zero-order valence-corrected chi connectivity index (χ0v) is 12.5. The molecule has 20 heavy (non-hydrogen) atoms. The molecule has 1 aliphatic heterocycles. The third-order valence-electron chi connectivity index (χ3n) is 3.13. The Morgan fingerprint density at radius 2 is 2.30 bits per heavy atom. The molecule has 0 spiro atoms. The van der Waals surface area contributed by atoms with Gasteiger partial charge in [0.05, 0.1) is 23.7 Å². The number of rotatable bonds is 6. The number of benzene rings is 1. The predicted octanol–water partition coefficient (Wildman–Crippen LogP) is 1.19. The van der Waals surface area contributed by atoms with E-state index in [0.717, 1.165) is 6.42 Å². The first kappa shape index (κ1) is 15.1. The van der Waals surface area contributed by atoms with E-state index in [1.54, 1.807) is 18.2 Å². The fourth-order valence-corrected chi connectivity index (χ4v) is 2.99. The van der Waals surface area contributed by atoms with Crippen molar-refractivity contribution in [1.82, 2.24) is 4.72 Å². The minimum absolute atomic E-state index is 0.129. The van der Waals surface area contributed by atoms with Crippen molar-refractivity contribution in [3.05, 3.63) is 18.2 Å². The summed E-state index contributed by atoms with van der Waals surface area (Å²) in [5.41, 5.74) is 0.712. The van der Waals surface area contributed by atoms with Gasteiger partial charge >= 0.3 is 0 Å². The summed E-state index contributed by atoms with van der Waals surface area (Å²) in [5, 5.41) is 3.20. The molecule has 1 aliphatic rings. The second-order valence-corrected chi connectivity index (χ2v) is 6.34. The van der Waals surface area contributed by atoms with Crippen molar-refractivity contribution in [2.45, 2.75) is 24.3 Å². The van der Waals surface area contributed by atoms with Gasteiger partial charge in [-0.2, -0.15) is 0 Å². The minimum atomic E-state index is -3.51. The van der Waals surface area contributed by atoms with Gasteiger partial charge in [0.15, 0.2) is 0 Å². The molecule has 2 N–H and O–H groups in total. The Morgan fingerprint density at radius 1 is 1.50 bits per heavy atom.